The number of carbonyl (C=O) groups is 4. The summed E-state index contributed by atoms with van der Waals surface area (Å²) < 4.78 is 22.4. The highest BCUT2D eigenvalue weighted by molar-refractivity contribution is 6.30. The Bertz CT molecular complexity index is 1140. The SMILES string of the molecule is CCCCCCC(=O)Oc1cc(C(=O)OCc2ccc(Cl)cc2)cc(OC(=O)CCCCCC)c1OC(=O)CCCCCC. The number of esters is 4. The summed E-state index contributed by atoms with van der Waals surface area (Å²) in [6.07, 6.45) is 10.9. The molecule has 0 saturated carbocycles. The van der Waals surface area contributed by atoms with Crippen molar-refractivity contribution in [3.8, 4) is 17.2 Å². The first-order chi connectivity index (χ1) is 21.3. The summed E-state index contributed by atoms with van der Waals surface area (Å²) in [5, 5.41) is 0.554. The summed E-state index contributed by atoms with van der Waals surface area (Å²) in [5.74, 6) is -2.96. The molecule has 0 atom stereocenters. The highest BCUT2D eigenvalue weighted by Gasteiger charge is 2.25. The molecule has 0 fully saturated rings. The van der Waals surface area contributed by atoms with Crippen LogP contribution in [0.3, 0.4) is 0 Å². The highest BCUT2D eigenvalue weighted by Crippen LogP contribution is 2.40. The van der Waals surface area contributed by atoms with E-state index in [1.807, 2.05) is 0 Å². The van der Waals surface area contributed by atoms with E-state index >= 15 is 0 Å². The smallest absolute Gasteiger partial charge is 0.338 e. The summed E-state index contributed by atoms with van der Waals surface area (Å²) in [7, 11) is 0. The zero-order valence-electron chi connectivity index (χ0n) is 26.4. The first-order valence-electron chi connectivity index (χ1n) is 16.0. The van der Waals surface area contributed by atoms with E-state index in [0.717, 1.165) is 57.8 Å². The molecule has 0 saturated heterocycles. The lowest BCUT2D eigenvalue weighted by Crippen LogP contribution is -2.16. The van der Waals surface area contributed by atoms with Crippen LogP contribution in [0.2, 0.25) is 5.02 Å². The van der Waals surface area contributed by atoms with E-state index in [4.69, 9.17) is 30.5 Å². The number of unbranched alkanes of at least 4 members (excludes halogenated alkanes) is 9. The Morgan fingerprint density at radius 2 is 1.02 bits per heavy atom. The first kappa shape index (κ1) is 36.8. The topological polar surface area (TPSA) is 105 Å². The van der Waals surface area contributed by atoms with Crippen molar-refractivity contribution in [1.29, 1.82) is 0 Å². The van der Waals surface area contributed by atoms with Crippen molar-refractivity contribution in [1.82, 2.24) is 0 Å². The van der Waals surface area contributed by atoms with E-state index in [-0.39, 0.29) is 48.7 Å². The average Bonchev–Trinajstić information content (AvgIpc) is 3.00. The molecule has 44 heavy (non-hydrogen) atoms. The van der Waals surface area contributed by atoms with Crippen molar-refractivity contribution in [3.05, 3.63) is 52.5 Å². The minimum Gasteiger partial charge on any atom is -0.457 e. The zero-order valence-corrected chi connectivity index (χ0v) is 27.2. The molecule has 0 aliphatic carbocycles. The van der Waals surface area contributed by atoms with Gasteiger partial charge in [-0.1, -0.05) is 102 Å². The first-order valence-corrected chi connectivity index (χ1v) is 16.4. The monoisotopic (exact) mass is 630 g/mol. The number of ether oxygens (including phenoxy) is 4. The molecule has 8 nitrogen and oxygen atoms in total. The molecular formula is C35H47ClO8. The predicted molar refractivity (Wildman–Crippen MR) is 170 cm³/mol. The van der Waals surface area contributed by atoms with Crippen LogP contribution >= 0.6 is 11.6 Å². The second-order valence-electron chi connectivity index (χ2n) is 10.9. The molecule has 2 aromatic carbocycles. The third kappa shape index (κ3) is 14.4. The maximum absolute atomic E-state index is 13.1. The van der Waals surface area contributed by atoms with Crippen molar-refractivity contribution < 1.29 is 38.1 Å². The van der Waals surface area contributed by atoms with Crippen LogP contribution in [0, 0.1) is 0 Å². The van der Waals surface area contributed by atoms with Crippen molar-refractivity contribution >= 4 is 35.5 Å². The Balaban J connectivity index is 2.39. The van der Waals surface area contributed by atoms with Gasteiger partial charge in [0.1, 0.15) is 6.61 Å². The molecule has 0 amide bonds. The highest BCUT2D eigenvalue weighted by atomic mass is 35.5. The van der Waals surface area contributed by atoms with Gasteiger partial charge in [0.15, 0.2) is 11.5 Å². The number of rotatable bonds is 21. The Hall–Kier alpha value is -3.39. The lowest BCUT2D eigenvalue weighted by molar-refractivity contribution is -0.138. The molecule has 0 unspecified atom stereocenters. The van der Waals surface area contributed by atoms with Gasteiger partial charge in [0.2, 0.25) is 5.75 Å². The molecule has 2 rings (SSSR count). The quantitative estimate of drug-likeness (QED) is 0.0763. The molecule has 0 radical (unpaired) electrons. The van der Waals surface area contributed by atoms with Gasteiger partial charge in [-0.05, 0) is 49.1 Å². The number of halogens is 1. The molecule has 0 aliphatic rings. The Labute approximate surface area is 266 Å². The summed E-state index contributed by atoms with van der Waals surface area (Å²) in [6.45, 7) is 6.19. The standard InChI is InChI=1S/C35H47ClO8/c1-4-7-10-13-16-31(37)42-29-23-27(35(40)41-25-26-19-21-28(36)22-20-26)24-30(43-32(38)17-14-11-8-5-2)34(29)44-33(39)18-15-12-9-6-3/h19-24H,4-18,25H2,1-3H3. The largest absolute Gasteiger partial charge is 0.457 e. The van der Waals surface area contributed by atoms with Gasteiger partial charge in [-0.2, -0.15) is 0 Å². The summed E-state index contributed by atoms with van der Waals surface area (Å²) in [5.41, 5.74) is 0.693. The minimum atomic E-state index is -0.738. The molecule has 0 heterocycles. The van der Waals surface area contributed by atoms with E-state index in [0.29, 0.717) is 29.8 Å². The number of benzene rings is 2. The van der Waals surface area contributed by atoms with Crippen LogP contribution in [0.1, 0.15) is 133 Å². The van der Waals surface area contributed by atoms with Crippen molar-refractivity contribution in [2.75, 3.05) is 0 Å². The third-order valence-corrected chi connectivity index (χ3v) is 7.16. The van der Waals surface area contributed by atoms with E-state index in [9.17, 15) is 19.2 Å². The van der Waals surface area contributed by atoms with Gasteiger partial charge in [-0.25, -0.2) is 4.79 Å². The van der Waals surface area contributed by atoms with Crippen LogP contribution in [-0.2, 0) is 25.7 Å². The molecule has 0 aliphatic heterocycles. The van der Waals surface area contributed by atoms with Gasteiger partial charge in [-0.3, -0.25) is 14.4 Å². The normalized spacial score (nSPS) is 10.7. The molecule has 2 aromatic rings. The fourth-order valence-electron chi connectivity index (χ4n) is 4.36. The van der Waals surface area contributed by atoms with Crippen molar-refractivity contribution in [2.24, 2.45) is 0 Å². The maximum Gasteiger partial charge on any atom is 0.338 e. The Kier molecular flexibility index (Phi) is 17.8. The fourth-order valence-corrected chi connectivity index (χ4v) is 4.49. The van der Waals surface area contributed by atoms with Crippen LogP contribution in [-0.4, -0.2) is 23.9 Å². The molecule has 242 valence electrons. The molecule has 0 aromatic heterocycles. The van der Waals surface area contributed by atoms with E-state index in [2.05, 4.69) is 20.8 Å². The number of hydrogen-bond acceptors (Lipinski definition) is 8. The van der Waals surface area contributed by atoms with Gasteiger partial charge in [-0.15, -0.1) is 0 Å². The fraction of sp³-hybridized carbons (Fsp3) is 0.543. The number of carbonyl (C=O) groups excluding carboxylic acids is 4. The van der Waals surface area contributed by atoms with Crippen LogP contribution in [0.5, 0.6) is 17.2 Å². The van der Waals surface area contributed by atoms with E-state index in [1.54, 1.807) is 24.3 Å². The molecule has 9 heteroatoms. The van der Waals surface area contributed by atoms with Crippen LogP contribution in [0.4, 0.5) is 0 Å². The lowest BCUT2D eigenvalue weighted by Gasteiger charge is -2.16. The van der Waals surface area contributed by atoms with Crippen LogP contribution in [0.25, 0.3) is 0 Å². The molecule has 0 bridgehead atoms. The zero-order chi connectivity index (χ0) is 32.2. The van der Waals surface area contributed by atoms with Gasteiger partial charge in [0.25, 0.3) is 0 Å². The Morgan fingerprint density at radius 1 is 0.591 bits per heavy atom. The maximum atomic E-state index is 13.1. The number of hydrogen-bond donors (Lipinski definition) is 0. The Morgan fingerprint density at radius 3 is 1.45 bits per heavy atom. The summed E-state index contributed by atoms with van der Waals surface area (Å²) >= 11 is 5.95. The predicted octanol–water partition coefficient (Wildman–Crippen LogP) is 9.32. The third-order valence-electron chi connectivity index (χ3n) is 6.91. The average molecular weight is 631 g/mol. The van der Waals surface area contributed by atoms with Gasteiger partial charge >= 0.3 is 23.9 Å². The van der Waals surface area contributed by atoms with Crippen LogP contribution in [0.15, 0.2) is 36.4 Å². The summed E-state index contributed by atoms with van der Waals surface area (Å²) in [4.78, 5) is 51.6. The minimum absolute atomic E-state index is 0.0238. The van der Waals surface area contributed by atoms with Crippen LogP contribution < -0.4 is 14.2 Å². The molecule has 0 N–H and O–H groups in total. The second-order valence-corrected chi connectivity index (χ2v) is 11.3. The molecular weight excluding hydrogens is 584 g/mol. The van der Waals surface area contributed by atoms with E-state index < -0.39 is 23.9 Å². The second kappa shape index (κ2) is 21.3. The van der Waals surface area contributed by atoms with E-state index in [1.165, 1.54) is 12.1 Å². The lowest BCUT2D eigenvalue weighted by atomic mass is 10.1. The van der Waals surface area contributed by atoms with Gasteiger partial charge < -0.3 is 18.9 Å². The van der Waals surface area contributed by atoms with Gasteiger partial charge in [0.05, 0.1) is 5.56 Å². The van der Waals surface area contributed by atoms with Gasteiger partial charge in [0, 0.05) is 24.3 Å². The van der Waals surface area contributed by atoms with Crippen molar-refractivity contribution in [3.63, 3.8) is 0 Å². The molecule has 0 spiro atoms. The van der Waals surface area contributed by atoms with Crippen molar-refractivity contribution in [2.45, 2.75) is 124 Å². The summed E-state index contributed by atoms with van der Waals surface area (Å²) in [6, 6.07) is 9.41.